The van der Waals surface area contributed by atoms with Gasteiger partial charge in [-0.2, -0.15) is 13.2 Å². The monoisotopic (exact) mass is 480 g/mol. The number of carbonyl (C=O) groups excluding carboxylic acids is 2. The zero-order chi connectivity index (χ0) is 25.1. The van der Waals surface area contributed by atoms with Gasteiger partial charge in [0.15, 0.2) is 5.69 Å². The Balaban J connectivity index is 1.76. The Bertz CT molecular complexity index is 1000. The summed E-state index contributed by atoms with van der Waals surface area (Å²) >= 11 is 0. The van der Waals surface area contributed by atoms with Crippen LogP contribution in [0.4, 0.5) is 23.7 Å². The predicted molar refractivity (Wildman–Crippen MR) is 122 cm³/mol. The Morgan fingerprint density at radius 3 is 2.26 bits per heavy atom. The Labute approximate surface area is 197 Å². The van der Waals surface area contributed by atoms with Gasteiger partial charge in [0, 0.05) is 18.3 Å². The van der Waals surface area contributed by atoms with Crippen LogP contribution >= 0.6 is 0 Å². The average Bonchev–Trinajstić information content (AvgIpc) is 3.14. The van der Waals surface area contributed by atoms with Crippen molar-refractivity contribution < 1.29 is 27.5 Å². The SMILES string of the molecule is Cn1cnc(C(F)(F)F)c1-c1ccc(NC(=O)[C@@H](NC(=O)OC(C)(C)C)C2CCCCC2)cc1. The molecule has 1 aliphatic rings. The van der Waals surface area contributed by atoms with E-state index in [9.17, 15) is 22.8 Å². The number of benzene rings is 1. The second-order valence-electron chi connectivity index (χ2n) is 9.64. The lowest BCUT2D eigenvalue weighted by Gasteiger charge is -2.31. The van der Waals surface area contributed by atoms with Gasteiger partial charge in [-0.05, 0) is 51.7 Å². The summed E-state index contributed by atoms with van der Waals surface area (Å²) in [6.07, 6.45) is 0.545. The van der Waals surface area contributed by atoms with Crippen LogP contribution < -0.4 is 10.6 Å². The standard InChI is InChI=1S/C24H31F3N4O3/c1-23(2,3)34-22(33)30-18(15-8-6-5-7-9-15)21(32)29-17-12-10-16(11-13-17)19-20(24(25,26)27)28-14-31(19)4/h10-15,18H,5-9H2,1-4H3,(H,29,32)(H,30,33)/t18-/m0/s1. The molecule has 2 N–H and O–H groups in total. The number of anilines is 1. The fourth-order valence-electron chi connectivity index (χ4n) is 4.21. The summed E-state index contributed by atoms with van der Waals surface area (Å²) in [5.74, 6) is -0.411. The number of amides is 2. The third-order valence-corrected chi connectivity index (χ3v) is 5.71. The number of rotatable bonds is 5. The number of ether oxygens (including phenoxy) is 1. The minimum Gasteiger partial charge on any atom is -0.444 e. The third-order valence-electron chi connectivity index (χ3n) is 5.71. The number of hydrogen-bond donors (Lipinski definition) is 2. The summed E-state index contributed by atoms with van der Waals surface area (Å²) < 4.78 is 46.5. The van der Waals surface area contributed by atoms with Gasteiger partial charge < -0.3 is 19.9 Å². The van der Waals surface area contributed by atoms with Crippen molar-refractivity contribution >= 4 is 17.7 Å². The van der Waals surface area contributed by atoms with Crippen LogP contribution in [-0.2, 0) is 22.8 Å². The van der Waals surface area contributed by atoms with Crippen molar-refractivity contribution in [2.75, 3.05) is 5.32 Å². The van der Waals surface area contributed by atoms with Crippen molar-refractivity contribution in [2.24, 2.45) is 13.0 Å². The molecule has 0 bridgehead atoms. The predicted octanol–water partition coefficient (Wildman–Crippen LogP) is 5.52. The van der Waals surface area contributed by atoms with Crippen molar-refractivity contribution in [3.63, 3.8) is 0 Å². The quantitative estimate of drug-likeness (QED) is 0.590. The Hall–Kier alpha value is -3.04. The highest BCUT2D eigenvalue weighted by molar-refractivity contribution is 5.97. The fraction of sp³-hybridized carbons (Fsp3) is 0.542. The number of carbonyl (C=O) groups is 2. The molecule has 0 spiro atoms. The summed E-state index contributed by atoms with van der Waals surface area (Å²) in [7, 11) is 1.49. The fourth-order valence-corrected chi connectivity index (χ4v) is 4.21. The Morgan fingerprint density at radius 1 is 1.09 bits per heavy atom. The number of nitrogens with zero attached hydrogens (tertiary/aromatic N) is 2. The normalized spacial score (nSPS) is 16.1. The number of aromatic nitrogens is 2. The molecule has 3 rings (SSSR count). The van der Waals surface area contributed by atoms with E-state index in [1.54, 1.807) is 20.8 Å². The molecule has 2 amide bonds. The van der Waals surface area contributed by atoms with Crippen molar-refractivity contribution in [2.45, 2.75) is 70.7 Å². The van der Waals surface area contributed by atoms with Crippen LogP contribution in [-0.4, -0.2) is 33.2 Å². The second kappa shape index (κ2) is 10.1. The molecule has 10 heteroatoms. The number of aryl methyl sites for hydroxylation is 1. The molecular formula is C24H31F3N4O3. The molecule has 1 atom stereocenters. The number of halogens is 3. The van der Waals surface area contributed by atoms with E-state index in [-0.39, 0.29) is 17.5 Å². The molecule has 0 radical (unpaired) electrons. The van der Waals surface area contributed by atoms with E-state index >= 15 is 0 Å². The largest absolute Gasteiger partial charge is 0.444 e. The van der Waals surface area contributed by atoms with Crippen molar-refractivity contribution in [3.05, 3.63) is 36.3 Å². The van der Waals surface area contributed by atoms with E-state index in [1.807, 2.05) is 0 Å². The van der Waals surface area contributed by atoms with Crippen LogP contribution in [0.5, 0.6) is 0 Å². The summed E-state index contributed by atoms with van der Waals surface area (Å²) in [5.41, 5.74) is -0.991. The van der Waals surface area contributed by atoms with E-state index in [2.05, 4.69) is 15.6 Å². The first-order chi connectivity index (χ1) is 15.8. The molecule has 0 saturated heterocycles. The first-order valence-electron chi connectivity index (χ1n) is 11.3. The number of nitrogens with one attached hydrogen (secondary N) is 2. The highest BCUT2D eigenvalue weighted by Gasteiger charge is 2.37. The number of hydrogen-bond acceptors (Lipinski definition) is 4. The molecule has 2 aromatic rings. The van der Waals surface area contributed by atoms with Crippen LogP contribution in [0, 0.1) is 5.92 Å². The highest BCUT2D eigenvalue weighted by Crippen LogP contribution is 2.36. The first kappa shape index (κ1) is 25.6. The minimum absolute atomic E-state index is 0.0238. The summed E-state index contributed by atoms with van der Waals surface area (Å²) in [5, 5.41) is 5.50. The molecule has 186 valence electrons. The van der Waals surface area contributed by atoms with Crippen molar-refractivity contribution in [3.8, 4) is 11.3 Å². The molecular weight excluding hydrogens is 449 g/mol. The molecule has 7 nitrogen and oxygen atoms in total. The van der Waals surface area contributed by atoms with Crippen LogP contribution in [0.3, 0.4) is 0 Å². The lowest BCUT2D eigenvalue weighted by molar-refractivity contribution is -0.140. The van der Waals surface area contributed by atoms with Crippen LogP contribution in [0.25, 0.3) is 11.3 Å². The second-order valence-corrected chi connectivity index (χ2v) is 9.64. The number of alkyl carbamates (subject to hydrolysis) is 1. The van der Waals surface area contributed by atoms with Gasteiger partial charge in [-0.25, -0.2) is 9.78 Å². The topological polar surface area (TPSA) is 85.3 Å². The van der Waals surface area contributed by atoms with E-state index in [4.69, 9.17) is 4.74 Å². The zero-order valence-electron chi connectivity index (χ0n) is 19.8. The van der Waals surface area contributed by atoms with Gasteiger partial charge in [-0.1, -0.05) is 31.4 Å². The molecule has 1 fully saturated rings. The van der Waals surface area contributed by atoms with Gasteiger partial charge in [-0.15, -0.1) is 0 Å². The van der Waals surface area contributed by atoms with Gasteiger partial charge in [-0.3, -0.25) is 4.79 Å². The van der Waals surface area contributed by atoms with Gasteiger partial charge in [0.2, 0.25) is 5.91 Å². The minimum atomic E-state index is -4.58. The Kier molecular flexibility index (Phi) is 7.57. The van der Waals surface area contributed by atoms with Crippen LogP contribution in [0.1, 0.15) is 58.6 Å². The maximum Gasteiger partial charge on any atom is 0.435 e. The lowest BCUT2D eigenvalue weighted by atomic mass is 9.83. The first-order valence-corrected chi connectivity index (χ1v) is 11.3. The number of alkyl halides is 3. The maximum absolute atomic E-state index is 13.3. The summed E-state index contributed by atoms with van der Waals surface area (Å²) in [4.78, 5) is 29.0. The lowest BCUT2D eigenvalue weighted by Crippen LogP contribution is -2.50. The molecule has 1 aromatic carbocycles. The van der Waals surface area contributed by atoms with Gasteiger partial charge >= 0.3 is 12.3 Å². The van der Waals surface area contributed by atoms with E-state index < -0.39 is 29.6 Å². The van der Waals surface area contributed by atoms with E-state index in [0.29, 0.717) is 11.3 Å². The van der Waals surface area contributed by atoms with Gasteiger partial charge in [0.25, 0.3) is 0 Å². The highest BCUT2D eigenvalue weighted by atomic mass is 19.4. The summed E-state index contributed by atoms with van der Waals surface area (Å²) in [6, 6.07) is 5.29. The van der Waals surface area contributed by atoms with Gasteiger partial charge in [0.1, 0.15) is 11.6 Å². The molecule has 0 aliphatic heterocycles. The molecule has 1 aromatic heterocycles. The smallest absolute Gasteiger partial charge is 0.435 e. The Morgan fingerprint density at radius 2 is 1.71 bits per heavy atom. The summed E-state index contributed by atoms with van der Waals surface area (Å²) in [6.45, 7) is 5.24. The van der Waals surface area contributed by atoms with Crippen molar-refractivity contribution in [1.29, 1.82) is 0 Å². The van der Waals surface area contributed by atoms with Crippen LogP contribution in [0.15, 0.2) is 30.6 Å². The third kappa shape index (κ3) is 6.51. The molecule has 1 saturated carbocycles. The maximum atomic E-state index is 13.3. The van der Waals surface area contributed by atoms with Gasteiger partial charge in [0.05, 0.1) is 12.0 Å². The van der Waals surface area contributed by atoms with Crippen molar-refractivity contribution in [1.82, 2.24) is 14.9 Å². The molecule has 1 aliphatic carbocycles. The number of imidazole rings is 1. The molecule has 0 unspecified atom stereocenters. The van der Waals surface area contributed by atoms with E-state index in [0.717, 1.165) is 38.4 Å². The van der Waals surface area contributed by atoms with Crippen LogP contribution in [0.2, 0.25) is 0 Å². The molecule has 1 heterocycles. The molecule has 34 heavy (non-hydrogen) atoms. The average molecular weight is 481 g/mol. The van der Waals surface area contributed by atoms with E-state index in [1.165, 1.54) is 35.9 Å². The zero-order valence-corrected chi connectivity index (χ0v) is 19.8.